The second-order valence-corrected chi connectivity index (χ2v) is 7.92. The molecule has 0 amide bonds. The van der Waals surface area contributed by atoms with Crippen LogP contribution in [0.4, 0.5) is 11.5 Å². The van der Waals surface area contributed by atoms with Crippen molar-refractivity contribution in [2.75, 3.05) is 11.6 Å². The lowest BCUT2D eigenvalue weighted by atomic mass is 10.3. The van der Waals surface area contributed by atoms with Gasteiger partial charge in [0.25, 0.3) is 0 Å². The molecule has 0 atom stereocenters. The fourth-order valence-corrected chi connectivity index (χ4v) is 3.57. The smallest absolute Gasteiger partial charge is 0.326 e. The van der Waals surface area contributed by atoms with Crippen molar-refractivity contribution in [1.82, 2.24) is 24.6 Å². The Morgan fingerprint density at radius 2 is 2.20 bits per heavy atom. The summed E-state index contributed by atoms with van der Waals surface area (Å²) in [7, 11) is 0. The molecule has 10 heteroatoms. The molecule has 9 nitrogen and oxygen atoms in total. The Bertz CT molecular complexity index is 1420. The van der Waals surface area contributed by atoms with E-state index in [4.69, 9.17) is 9.98 Å². The zero-order valence-electron chi connectivity index (χ0n) is 16.1. The predicted molar refractivity (Wildman–Crippen MR) is 115 cm³/mol. The van der Waals surface area contributed by atoms with Gasteiger partial charge in [-0.3, -0.25) is 9.98 Å². The number of nitrogens with one attached hydrogen (secondary N) is 3. The number of benzene rings is 1. The van der Waals surface area contributed by atoms with E-state index in [-0.39, 0.29) is 11.6 Å². The molecule has 1 saturated carbocycles. The third kappa shape index (κ3) is 3.69. The van der Waals surface area contributed by atoms with Crippen molar-refractivity contribution in [3.05, 3.63) is 63.4 Å². The van der Waals surface area contributed by atoms with Gasteiger partial charge in [-0.1, -0.05) is 6.07 Å². The first-order valence-corrected chi connectivity index (χ1v) is 10.7. The number of imidazole rings is 1. The number of rotatable bonds is 5. The second-order valence-electron chi connectivity index (χ2n) is 7.04. The molecular weight excluding hydrogens is 402 g/mol. The van der Waals surface area contributed by atoms with Crippen molar-refractivity contribution in [2.45, 2.75) is 23.8 Å². The van der Waals surface area contributed by atoms with Crippen molar-refractivity contribution in [2.24, 2.45) is 4.99 Å². The van der Waals surface area contributed by atoms with Crippen LogP contribution in [0.1, 0.15) is 18.5 Å². The highest BCUT2D eigenvalue weighted by atomic mass is 32.2. The summed E-state index contributed by atoms with van der Waals surface area (Å²) >= 11 is 1.67. The van der Waals surface area contributed by atoms with E-state index < -0.39 is 5.69 Å². The average Bonchev–Trinajstić information content (AvgIpc) is 3.37. The van der Waals surface area contributed by atoms with Gasteiger partial charge < -0.3 is 15.4 Å². The fourth-order valence-electron chi connectivity index (χ4n) is 3.11. The molecule has 3 heterocycles. The lowest BCUT2D eigenvalue weighted by Gasteiger charge is -2.07. The summed E-state index contributed by atoms with van der Waals surface area (Å²) < 4.78 is 1.68. The van der Waals surface area contributed by atoms with Crippen molar-refractivity contribution < 1.29 is 5.11 Å². The standard InChI is InChI=1S/C20H19N7O2S/c1-30-14-4-2-3-13(8-14)22-16-9-17(23-12-5-6-12)27-18(25-16)11(10-21-27)7-15-19(28)26-20(29)24-15/h2-4,7-10,12,22,28H,5-6H2,1H3,(H2,24,26,29). The molecule has 4 N–H and O–H groups in total. The molecule has 1 aliphatic rings. The van der Waals surface area contributed by atoms with Crippen LogP contribution in [0.5, 0.6) is 5.88 Å². The first-order chi connectivity index (χ1) is 14.6. The summed E-state index contributed by atoms with van der Waals surface area (Å²) in [6.07, 6.45) is 7.44. The fraction of sp³-hybridized carbons (Fsp3) is 0.200. The summed E-state index contributed by atoms with van der Waals surface area (Å²) in [6.45, 7) is 0. The highest BCUT2D eigenvalue weighted by Gasteiger charge is 2.20. The number of thioether (sulfide) groups is 1. The van der Waals surface area contributed by atoms with Crippen LogP contribution in [0.2, 0.25) is 0 Å². The number of nitrogens with zero attached hydrogens (tertiary/aromatic N) is 4. The molecule has 1 aromatic carbocycles. The summed E-state index contributed by atoms with van der Waals surface area (Å²) in [5.41, 5.74) is 1.99. The van der Waals surface area contributed by atoms with Crippen molar-refractivity contribution >= 4 is 35.0 Å². The van der Waals surface area contributed by atoms with E-state index in [1.807, 2.05) is 24.5 Å². The lowest BCUT2D eigenvalue weighted by molar-refractivity contribution is 0.454. The lowest BCUT2D eigenvalue weighted by Crippen LogP contribution is -2.19. The SMILES string of the molecule is CSc1cccc(Nc2cc(=NC3CC3)n3ncc(=Cc4[nH]c(=O)[nH]c4O)c3n2)c1. The van der Waals surface area contributed by atoms with Crippen LogP contribution in [0.15, 0.2) is 51.2 Å². The summed E-state index contributed by atoms with van der Waals surface area (Å²) in [4.78, 5) is 26.9. The number of fused-ring (bicyclic) bond motifs is 1. The van der Waals surface area contributed by atoms with E-state index in [9.17, 15) is 9.90 Å². The zero-order valence-corrected chi connectivity index (χ0v) is 16.9. The number of H-pyrrole nitrogens is 2. The Balaban J connectivity index is 1.66. The Labute approximate surface area is 174 Å². The number of anilines is 2. The Kier molecular flexibility index (Phi) is 4.55. The predicted octanol–water partition coefficient (Wildman–Crippen LogP) is 1.53. The Hall–Kier alpha value is -3.53. The molecule has 0 saturated heterocycles. The van der Waals surface area contributed by atoms with E-state index in [0.717, 1.165) is 23.4 Å². The minimum absolute atomic E-state index is 0.231. The van der Waals surface area contributed by atoms with Gasteiger partial charge in [-0.15, -0.1) is 11.8 Å². The van der Waals surface area contributed by atoms with Gasteiger partial charge in [-0.2, -0.15) is 9.61 Å². The van der Waals surface area contributed by atoms with Gasteiger partial charge in [0, 0.05) is 21.9 Å². The van der Waals surface area contributed by atoms with E-state index in [0.29, 0.717) is 28.2 Å². The molecule has 0 radical (unpaired) electrons. The van der Waals surface area contributed by atoms with Gasteiger partial charge in [-0.25, -0.2) is 9.78 Å². The number of hydrogen-bond acceptors (Lipinski definition) is 7. The monoisotopic (exact) mass is 421 g/mol. The molecule has 0 bridgehead atoms. The molecule has 1 aliphatic carbocycles. The minimum Gasteiger partial charge on any atom is -0.493 e. The third-order valence-corrected chi connectivity index (χ3v) is 5.44. The van der Waals surface area contributed by atoms with Crippen molar-refractivity contribution in [1.29, 1.82) is 0 Å². The molecule has 1 fully saturated rings. The average molecular weight is 421 g/mol. The molecular formula is C20H19N7O2S. The molecule has 4 aromatic rings. The number of aromatic amines is 2. The molecule has 5 rings (SSSR count). The Morgan fingerprint density at radius 1 is 1.33 bits per heavy atom. The van der Waals surface area contributed by atoms with Crippen LogP contribution in [0, 0.1) is 0 Å². The van der Waals surface area contributed by atoms with Crippen molar-refractivity contribution in [3.63, 3.8) is 0 Å². The van der Waals surface area contributed by atoms with E-state index >= 15 is 0 Å². The van der Waals surface area contributed by atoms with Crippen LogP contribution in [0.25, 0.3) is 11.7 Å². The van der Waals surface area contributed by atoms with Crippen molar-refractivity contribution in [3.8, 4) is 5.88 Å². The van der Waals surface area contributed by atoms with E-state index in [1.54, 1.807) is 28.6 Å². The topological polar surface area (TPSA) is 123 Å². The zero-order chi connectivity index (χ0) is 20.7. The first-order valence-electron chi connectivity index (χ1n) is 9.46. The van der Waals surface area contributed by atoms with Crippen LogP contribution in [0.3, 0.4) is 0 Å². The van der Waals surface area contributed by atoms with Gasteiger partial charge >= 0.3 is 5.69 Å². The molecule has 0 aliphatic heterocycles. The maximum atomic E-state index is 11.4. The van der Waals surface area contributed by atoms with Crippen LogP contribution < -0.4 is 21.7 Å². The number of hydrogen-bond donors (Lipinski definition) is 4. The first kappa shape index (κ1) is 18.5. The third-order valence-electron chi connectivity index (χ3n) is 4.72. The largest absolute Gasteiger partial charge is 0.493 e. The molecule has 30 heavy (non-hydrogen) atoms. The number of aromatic hydroxyl groups is 1. The molecule has 0 spiro atoms. The normalized spacial score (nSPS) is 15.2. The summed E-state index contributed by atoms with van der Waals surface area (Å²) in [6, 6.07) is 10.3. The molecule has 0 unspecified atom stereocenters. The van der Waals surface area contributed by atoms with E-state index in [1.165, 1.54) is 0 Å². The van der Waals surface area contributed by atoms with Gasteiger partial charge in [-0.05, 0) is 43.4 Å². The maximum Gasteiger partial charge on any atom is 0.326 e. The quantitative estimate of drug-likeness (QED) is 0.362. The van der Waals surface area contributed by atoms with E-state index in [2.05, 4.69) is 32.5 Å². The van der Waals surface area contributed by atoms with Crippen LogP contribution >= 0.6 is 11.8 Å². The van der Waals surface area contributed by atoms with Gasteiger partial charge in [0.15, 0.2) is 11.1 Å². The van der Waals surface area contributed by atoms with Gasteiger partial charge in [0.05, 0.1) is 12.2 Å². The highest BCUT2D eigenvalue weighted by Crippen LogP contribution is 2.23. The Morgan fingerprint density at radius 3 is 2.93 bits per heavy atom. The molecule has 3 aromatic heterocycles. The second kappa shape index (κ2) is 7.38. The summed E-state index contributed by atoms with van der Waals surface area (Å²) in [5.74, 6) is 0.410. The van der Waals surface area contributed by atoms with Crippen LogP contribution in [-0.2, 0) is 0 Å². The van der Waals surface area contributed by atoms with Gasteiger partial charge in [0.2, 0.25) is 5.88 Å². The van der Waals surface area contributed by atoms with Crippen LogP contribution in [-0.4, -0.2) is 42.0 Å². The van der Waals surface area contributed by atoms with Gasteiger partial charge in [0.1, 0.15) is 11.5 Å². The number of aromatic nitrogens is 5. The highest BCUT2D eigenvalue weighted by molar-refractivity contribution is 7.98. The minimum atomic E-state index is -0.483. The molecule has 152 valence electrons. The summed E-state index contributed by atoms with van der Waals surface area (Å²) in [5, 5.41) is 18.3. The maximum absolute atomic E-state index is 11.4.